The van der Waals surface area contributed by atoms with Gasteiger partial charge in [-0.1, -0.05) is 30.8 Å². The van der Waals surface area contributed by atoms with Gasteiger partial charge in [0.05, 0.1) is 24.9 Å². The molecule has 0 aliphatic carbocycles. The molecular formula is C26H30N4O4. The molecule has 0 unspecified atom stereocenters. The van der Waals surface area contributed by atoms with E-state index in [4.69, 9.17) is 4.74 Å². The van der Waals surface area contributed by atoms with Crippen LogP contribution in [0.15, 0.2) is 54.7 Å². The number of benzene rings is 2. The quantitative estimate of drug-likeness (QED) is 0.606. The maximum atomic E-state index is 12.7. The Kier molecular flexibility index (Phi) is 5.79. The smallest absolute Gasteiger partial charge is 0.272 e. The van der Waals surface area contributed by atoms with E-state index < -0.39 is 11.7 Å². The van der Waals surface area contributed by atoms with E-state index in [9.17, 15) is 14.7 Å². The van der Waals surface area contributed by atoms with E-state index in [0.717, 1.165) is 25.2 Å². The maximum absolute atomic E-state index is 12.7. The second-order valence-corrected chi connectivity index (χ2v) is 9.47. The highest BCUT2D eigenvalue weighted by molar-refractivity contribution is 6.04. The third kappa shape index (κ3) is 4.26. The second-order valence-electron chi connectivity index (χ2n) is 9.47. The van der Waals surface area contributed by atoms with Gasteiger partial charge in [0.1, 0.15) is 5.75 Å². The number of rotatable bonds is 6. The highest BCUT2D eigenvalue weighted by Gasteiger charge is 2.54. The molecule has 0 aromatic heterocycles. The number of aliphatic hydroxyl groups is 1. The van der Waals surface area contributed by atoms with Crippen molar-refractivity contribution >= 4 is 17.5 Å². The molecule has 8 nitrogen and oxygen atoms in total. The Labute approximate surface area is 199 Å². The molecule has 3 heterocycles. The van der Waals surface area contributed by atoms with Crippen LogP contribution in [-0.4, -0.2) is 71.1 Å². The van der Waals surface area contributed by atoms with Crippen LogP contribution in [-0.2, 0) is 17.8 Å². The number of hydrogen-bond acceptors (Lipinski definition) is 6. The molecule has 1 spiro atoms. The molecule has 3 aliphatic heterocycles. The van der Waals surface area contributed by atoms with Crippen molar-refractivity contribution in [1.82, 2.24) is 15.1 Å². The first-order valence-corrected chi connectivity index (χ1v) is 11.6. The predicted octanol–water partition coefficient (Wildman–Crippen LogP) is 1.75. The minimum atomic E-state index is -0.908. The number of fused-ring (bicyclic) bond motifs is 2. The van der Waals surface area contributed by atoms with Crippen LogP contribution in [0, 0.1) is 0 Å². The summed E-state index contributed by atoms with van der Waals surface area (Å²) in [5.74, 6) is 0.0222. The van der Waals surface area contributed by atoms with Crippen molar-refractivity contribution in [2.75, 3.05) is 38.0 Å². The zero-order valence-corrected chi connectivity index (χ0v) is 19.3. The molecule has 8 heteroatoms. The average molecular weight is 463 g/mol. The summed E-state index contributed by atoms with van der Waals surface area (Å²) in [4.78, 5) is 29.5. The Morgan fingerprint density at radius 2 is 2.03 bits per heavy atom. The first-order valence-electron chi connectivity index (χ1n) is 11.6. The molecule has 0 bridgehead atoms. The number of hydrogen-bond donors (Lipinski definition) is 3. The van der Waals surface area contributed by atoms with Gasteiger partial charge in [-0.2, -0.15) is 0 Å². The predicted molar refractivity (Wildman–Crippen MR) is 129 cm³/mol. The summed E-state index contributed by atoms with van der Waals surface area (Å²) in [7, 11) is 0. The molecular weight excluding hydrogens is 432 g/mol. The van der Waals surface area contributed by atoms with Crippen LogP contribution < -0.4 is 15.4 Å². The molecule has 2 aromatic carbocycles. The highest BCUT2D eigenvalue weighted by atomic mass is 16.5. The molecule has 34 heavy (non-hydrogen) atoms. The van der Waals surface area contributed by atoms with Gasteiger partial charge < -0.3 is 25.4 Å². The number of anilines is 1. The summed E-state index contributed by atoms with van der Waals surface area (Å²) in [6.07, 6.45) is 0.287. The summed E-state index contributed by atoms with van der Waals surface area (Å²) in [6.45, 7) is 9.04. The Bertz CT molecular complexity index is 1140. The van der Waals surface area contributed by atoms with E-state index in [1.54, 1.807) is 18.2 Å². The maximum Gasteiger partial charge on any atom is 0.272 e. The van der Waals surface area contributed by atoms with E-state index in [1.807, 2.05) is 17.9 Å². The lowest BCUT2D eigenvalue weighted by molar-refractivity contribution is -0.146. The standard InChI is InChI=1S/C26H30N4O4/c1-17(2)30-15-26(16-30)25(33)28-22-11-19(7-8-23(22)34-26)24(32)27-12-21(31)14-29-10-9-18-5-3-4-6-20(18)13-29/h3-8,11,21,31H,1,9-10,12-16H2,2H3,(H,27,32)(H,28,33)/t21-/m0/s1. The van der Waals surface area contributed by atoms with Gasteiger partial charge in [-0.25, -0.2) is 0 Å². The summed E-state index contributed by atoms with van der Waals surface area (Å²) in [5, 5.41) is 16.2. The number of allylic oxidation sites excluding steroid dienone is 1. The van der Waals surface area contributed by atoms with Crippen molar-refractivity contribution in [2.45, 2.75) is 31.6 Å². The van der Waals surface area contributed by atoms with Gasteiger partial charge in [0.2, 0.25) is 5.60 Å². The SMILES string of the molecule is C=C(C)N1CC2(C1)Oc1ccc(C(=O)NC[C@H](O)CN3CCc4ccccc4C3)cc1NC2=O. The van der Waals surface area contributed by atoms with Gasteiger partial charge in [0.15, 0.2) is 0 Å². The first kappa shape index (κ1) is 22.4. The lowest BCUT2D eigenvalue weighted by Gasteiger charge is -2.51. The topological polar surface area (TPSA) is 94.1 Å². The average Bonchev–Trinajstić information content (AvgIpc) is 2.80. The number of likely N-dealkylation sites (tertiary alicyclic amines) is 1. The summed E-state index contributed by atoms with van der Waals surface area (Å²) < 4.78 is 6.02. The van der Waals surface area contributed by atoms with Crippen molar-refractivity contribution in [3.8, 4) is 5.75 Å². The van der Waals surface area contributed by atoms with Gasteiger partial charge in [0.25, 0.3) is 11.8 Å². The monoisotopic (exact) mass is 462 g/mol. The van der Waals surface area contributed by atoms with E-state index >= 15 is 0 Å². The molecule has 1 fully saturated rings. The molecule has 2 aromatic rings. The van der Waals surface area contributed by atoms with Crippen molar-refractivity contribution in [1.29, 1.82) is 0 Å². The lowest BCUT2D eigenvalue weighted by Crippen LogP contribution is -2.70. The summed E-state index contributed by atoms with van der Waals surface area (Å²) in [5.41, 5.74) is 3.52. The van der Waals surface area contributed by atoms with Crippen molar-refractivity contribution in [3.05, 3.63) is 71.4 Å². The van der Waals surface area contributed by atoms with Crippen LogP contribution in [0.25, 0.3) is 0 Å². The molecule has 0 saturated carbocycles. The van der Waals surface area contributed by atoms with Gasteiger partial charge in [-0.05, 0) is 42.7 Å². The fourth-order valence-electron chi connectivity index (χ4n) is 4.78. The number of carbonyl (C=O) groups is 2. The van der Waals surface area contributed by atoms with E-state index in [0.29, 0.717) is 36.6 Å². The summed E-state index contributed by atoms with van der Waals surface area (Å²) in [6, 6.07) is 13.3. The van der Waals surface area contributed by atoms with E-state index in [1.165, 1.54) is 11.1 Å². The van der Waals surface area contributed by atoms with Crippen LogP contribution in [0.1, 0.15) is 28.4 Å². The Balaban J connectivity index is 1.15. The van der Waals surface area contributed by atoms with Gasteiger partial charge >= 0.3 is 0 Å². The number of nitrogens with zero attached hydrogens (tertiary/aromatic N) is 2. The number of aliphatic hydroxyl groups excluding tert-OH is 1. The van der Waals surface area contributed by atoms with Crippen LogP contribution in [0.5, 0.6) is 5.75 Å². The van der Waals surface area contributed by atoms with E-state index in [-0.39, 0.29) is 18.4 Å². The fourth-order valence-corrected chi connectivity index (χ4v) is 4.78. The van der Waals surface area contributed by atoms with Crippen molar-refractivity contribution in [2.24, 2.45) is 0 Å². The minimum Gasteiger partial charge on any atom is -0.471 e. The number of amides is 2. The lowest BCUT2D eigenvalue weighted by atomic mass is 9.90. The fraction of sp³-hybridized carbons (Fsp3) is 0.385. The zero-order chi connectivity index (χ0) is 23.9. The molecule has 0 radical (unpaired) electrons. The molecule has 5 rings (SSSR count). The largest absolute Gasteiger partial charge is 0.471 e. The zero-order valence-electron chi connectivity index (χ0n) is 19.3. The molecule has 1 atom stereocenters. The van der Waals surface area contributed by atoms with Gasteiger partial charge in [-0.15, -0.1) is 0 Å². The number of carbonyl (C=O) groups excluding carboxylic acids is 2. The van der Waals surface area contributed by atoms with E-state index in [2.05, 4.69) is 40.3 Å². The van der Waals surface area contributed by atoms with Crippen LogP contribution >= 0.6 is 0 Å². The Morgan fingerprint density at radius 1 is 1.26 bits per heavy atom. The van der Waals surface area contributed by atoms with Crippen LogP contribution in [0.4, 0.5) is 5.69 Å². The number of nitrogens with one attached hydrogen (secondary N) is 2. The summed E-state index contributed by atoms with van der Waals surface area (Å²) >= 11 is 0. The highest BCUT2D eigenvalue weighted by Crippen LogP contribution is 2.39. The molecule has 1 saturated heterocycles. The number of ether oxygens (including phenoxy) is 1. The third-order valence-electron chi connectivity index (χ3n) is 6.82. The molecule has 3 aliphatic rings. The number of β-amino-alcohol motifs (C(OH)–C–C–N with tert-alkyl or cyclic N) is 1. The van der Waals surface area contributed by atoms with Crippen molar-refractivity contribution < 1.29 is 19.4 Å². The van der Waals surface area contributed by atoms with Crippen LogP contribution in [0.3, 0.4) is 0 Å². The normalized spacial score (nSPS) is 19.2. The first-order chi connectivity index (χ1) is 16.3. The minimum absolute atomic E-state index is 0.150. The molecule has 3 N–H and O–H groups in total. The van der Waals surface area contributed by atoms with Crippen LogP contribution in [0.2, 0.25) is 0 Å². The Morgan fingerprint density at radius 3 is 2.79 bits per heavy atom. The van der Waals surface area contributed by atoms with Gasteiger partial charge in [-0.3, -0.25) is 14.5 Å². The Hall–Kier alpha value is -3.36. The second kappa shape index (κ2) is 8.77. The third-order valence-corrected chi connectivity index (χ3v) is 6.82. The molecule has 2 amide bonds. The van der Waals surface area contributed by atoms with Gasteiger partial charge in [0, 0.05) is 37.4 Å². The molecule has 178 valence electrons. The van der Waals surface area contributed by atoms with Crippen molar-refractivity contribution in [3.63, 3.8) is 0 Å².